The second kappa shape index (κ2) is 5.31. The first-order valence-corrected chi connectivity index (χ1v) is 5.67. The number of rotatable bonds is 5. The van der Waals surface area contributed by atoms with Crippen molar-refractivity contribution in [2.75, 3.05) is 5.88 Å². The van der Waals surface area contributed by atoms with Crippen molar-refractivity contribution in [3.05, 3.63) is 12.2 Å². The van der Waals surface area contributed by atoms with Gasteiger partial charge in [0.1, 0.15) is 5.41 Å². The Morgan fingerprint density at radius 1 is 1.47 bits per heavy atom. The monoisotopic (exact) mass is 230 g/mol. The summed E-state index contributed by atoms with van der Waals surface area (Å²) in [5, 5.41) is 9.15. The quantitative estimate of drug-likeness (QED) is 0.448. The van der Waals surface area contributed by atoms with Gasteiger partial charge in [-0.3, -0.25) is 9.59 Å². The third kappa shape index (κ3) is 2.59. The summed E-state index contributed by atoms with van der Waals surface area (Å²) in [6, 6.07) is 0. The number of allylic oxidation sites excluding steroid dienone is 1. The summed E-state index contributed by atoms with van der Waals surface area (Å²) in [5.41, 5.74) is -1.27. The first-order valence-electron chi connectivity index (χ1n) is 5.14. The maximum Gasteiger partial charge on any atom is 0.321 e. The minimum Gasteiger partial charge on any atom is -0.480 e. The number of aliphatic carboxylic acids is 1. The number of ketones is 1. The Morgan fingerprint density at radius 3 is 2.67 bits per heavy atom. The summed E-state index contributed by atoms with van der Waals surface area (Å²) >= 11 is 5.49. The fourth-order valence-electron chi connectivity index (χ4n) is 1.85. The van der Waals surface area contributed by atoms with Crippen LogP contribution in [-0.4, -0.2) is 22.7 Å². The van der Waals surface area contributed by atoms with Crippen molar-refractivity contribution in [2.45, 2.75) is 32.1 Å². The number of hydrogen-bond donors (Lipinski definition) is 1. The van der Waals surface area contributed by atoms with Crippen molar-refractivity contribution in [1.29, 1.82) is 0 Å². The lowest BCUT2D eigenvalue weighted by molar-refractivity contribution is -0.152. The lowest BCUT2D eigenvalue weighted by Gasteiger charge is -2.27. The summed E-state index contributed by atoms with van der Waals surface area (Å²) < 4.78 is 0. The van der Waals surface area contributed by atoms with E-state index in [0.29, 0.717) is 18.7 Å². The van der Waals surface area contributed by atoms with Crippen LogP contribution in [0.2, 0.25) is 0 Å². The molecule has 0 spiro atoms. The van der Waals surface area contributed by atoms with Gasteiger partial charge in [-0.25, -0.2) is 0 Å². The van der Waals surface area contributed by atoms with Gasteiger partial charge < -0.3 is 5.11 Å². The molecule has 1 N–H and O–H groups in total. The molecule has 0 bridgehead atoms. The average Bonchev–Trinajstić information content (AvgIpc) is 2.26. The smallest absolute Gasteiger partial charge is 0.321 e. The highest BCUT2D eigenvalue weighted by Crippen LogP contribution is 2.33. The predicted molar refractivity (Wildman–Crippen MR) is 58.0 cm³/mol. The molecule has 84 valence electrons. The summed E-state index contributed by atoms with van der Waals surface area (Å²) in [7, 11) is 0. The van der Waals surface area contributed by atoms with Gasteiger partial charge in [-0.15, -0.1) is 11.6 Å². The van der Waals surface area contributed by atoms with Gasteiger partial charge in [0.2, 0.25) is 0 Å². The van der Waals surface area contributed by atoms with Crippen LogP contribution in [0, 0.1) is 5.41 Å². The number of alkyl halides is 1. The molecule has 0 aliphatic heterocycles. The lowest BCUT2D eigenvalue weighted by Crippen LogP contribution is -2.38. The zero-order chi connectivity index (χ0) is 11.3. The summed E-state index contributed by atoms with van der Waals surface area (Å²) in [5.74, 6) is -0.852. The molecule has 0 aromatic heterocycles. The van der Waals surface area contributed by atoms with Crippen LogP contribution in [0.15, 0.2) is 12.2 Å². The number of carbonyl (C=O) groups is 2. The number of carboxylic acids is 1. The van der Waals surface area contributed by atoms with Crippen LogP contribution in [0.25, 0.3) is 0 Å². The third-order valence-electron chi connectivity index (χ3n) is 2.76. The Kier molecular flexibility index (Phi) is 4.33. The first-order chi connectivity index (χ1) is 7.13. The van der Waals surface area contributed by atoms with Gasteiger partial charge in [0, 0.05) is 12.3 Å². The number of carboxylic acid groups (broad SMARTS) is 1. The van der Waals surface area contributed by atoms with Crippen molar-refractivity contribution in [2.24, 2.45) is 5.41 Å². The summed E-state index contributed by atoms with van der Waals surface area (Å²) in [4.78, 5) is 23.0. The number of halogens is 1. The van der Waals surface area contributed by atoms with Crippen LogP contribution < -0.4 is 0 Å². The van der Waals surface area contributed by atoms with E-state index in [1.807, 2.05) is 0 Å². The van der Waals surface area contributed by atoms with Gasteiger partial charge in [0.05, 0.1) is 0 Å². The molecule has 0 fully saturated rings. The van der Waals surface area contributed by atoms with E-state index in [1.165, 1.54) is 0 Å². The van der Waals surface area contributed by atoms with Crippen molar-refractivity contribution in [3.8, 4) is 0 Å². The predicted octanol–water partition coefficient (Wildman–Crippen LogP) is 2.39. The van der Waals surface area contributed by atoms with Gasteiger partial charge in [-0.1, -0.05) is 12.2 Å². The van der Waals surface area contributed by atoms with Gasteiger partial charge in [-0.2, -0.15) is 0 Å². The minimum absolute atomic E-state index is 0.216. The fraction of sp³-hybridized carbons (Fsp3) is 0.636. The topological polar surface area (TPSA) is 54.4 Å². The van der Waals surface area contributed by atoms with Crippen molar-refractivity contribution in [3.63, 3.8) is 0 Å². The molecule has 1 aliphatic carbocycles. The van der Waals surface area contributed by atoms with Crippen LogP contribution >= 0.6 is 11.6 Å². The Labute approximate surface area is 94.1 Å². The highest BCUT2D eigenvalue weighted by Gasteiger charge is 2.43. The Bertz CT molecular complexity index is 286. The molecule has 15 heavy (non-hydrogen) atoms. The molecule has 0 aromatic rings. The van der Waals surface area contributed by atoms with E-state index in [2.05, 4.69) is 0 Å². The normalized spacial score (nSPS) is 25.1. The maximum atomic E-state index is 11.8. The summed E-state index contributed by atoms with van der Waals surface area (Å²) in [6.45, 7) is 0. The fourth-order valence-corrected chi connectivity index (χ4v) is 1.98. The van der Waals surface area contributed by atoms with E-state index < -0.39 is 11.4 Å². The van der Waals surface area contributed by atoms with Crippen molar-refractivity contribution in [1.82, 2.24) is 0 Å². The van der Waals surface area contributed by atoms with Crippen molar-refractivity contribution >= 4 is 23.4 Å². The molecular weight excluding hydrogens is 216 g/mol. The standard InChI is InChI=1S/C11H15ClO3/c12-8-4-5-9(13)11(10(14)15)6-2-1-3-7-11/h2,6H,1,3-5,7-8H2,(H,14,15). The molecule has 1 aliphatic rings. The van der Waals surface area contributed by atoms with Gasteiger partial charge in [-0.05, 0) is 25.7 Å². The largest absolute Gasteiger partial charge is 0.480 e. The van der Waals surface area contributed by atoms with Crippen LogP contribution in [0.5, 0.6) is 0 Å². The first kappa shape index (κ1) is 12.2. The molecule has 1 unspecified atom stereocenters. The van der Waals surface area contributed by atoms with Crippen LogP contribution in [0.4, 0.5) is 0 Å². The highest BCUT2D eigenvalue weighted by atomic mass is 35.5. The second-order valence-corrected chi connectivity index (χ2v) is 4.16. The molecule has 0 saturated carbocycles. The van der Waals surface area contributed by atoms with Crippen LogP contribution in [0.3, 0.4) is 0 Å². The maximum absolute atomic E-state index is 11.8. The van der Waals surface area contributed by atoms with Crippen LogP contribution in [-0.2, 0) is 9.59 Å². The molecule has 0 amide bonds. The molecule has 0 aromatic carbocycles. The van der Waals surface area contributed by atoms with E-state index in [4.69, 9.17) is 16.7 Å². The van der Waals surface area contributed by atoms with E-state index in [1.54, 1.807) is 12.2 Å². The number of carbonyl (C=O) groups excluding carboxylic acids is 1. The molecule has 0 heterocycles. The second-order valence-electron chi connectivity index (χ2n) is 3.79. The molecule has 4 heteroatoms. The molecule has 0 radical (unpaired) electrons. The van der Waals surface area contributed by atoms with E-state index >= 15 is 0 Å². The van der Waals surface area contributed by atoms with Crippen molar-refractivity contribution < 1.29 is 14.7 Å². The highest BCUT2D eigenvalue weighted by molar-refractivity contribution is 6.18. The van der Waals surface area contributed by atoms with Crippen LogP contribution in [0.1, 0.15) is 32.1 Å². The number of hydrogen-bond acceptors (Lipinski definition) is 2. The Hall–Kier alpha value is -0.830. The third-order valence-corrected chi connectivity index (χ3v) is 3.03. The minimum atomic E-state index is -1.27. The Balaban J connectivity index is 2.81. The van der Waals surface area contributed by atoms with E-state index in [9.17, 15) is 9.59 Å². The van der Waals surface area contributed by atoms with Gasteiger partial charge in [0.15, 0.2) is 5.78 Å². The zero-order valence-corrected chi connectivity index (χ0v) is 9.29. The molecular formula is C11H15ClO3. The average molecular weight is 231 g/mol. The van der Waals surface area contributed by atoms with Gasteiger partial charge in [0.25, 0.3) is 0 Å². The zero-order valence-electron chi connectivity index (χ0n) is 8.54. The summed E-state index contributed by atoms with van der Waals surface area (Å²) in [6.07, 6.45) is 6.17. The molecule has 3 nitrogen and oxygen atoms in total. The van der Waals surface area contributed by atoms with Gasteiger partial charge >= 0.3 is 5.97 Å². The molecule has 0 saturated heterocycles. The molecule has 1 rings (SSSR count). The lowest BCUT2D eigenvalue weighted by atomic mass is 9.74. The Morgan fingerprint density at radius 2 is 2.20 bits per heavy atom. The molecule has 1 atom stereocenters. The SMILES string of the molecule is O=C(O)C1(C(=O)CCCCl)C=CCCC1. The number of Topliss-reactive ketones (excluding diaryl/α,β-unsaturated/α-hetero) is 1. The van der Waals surface area contributed by atoms with E-state index in [0.717, 1.165) is 12.8 Å². The van der Waals surface area contributed by atoms with E-state index in [-0.39, 0.29) is 12.2 Å².